The smallest absolute Gasteiger partial charge is 0.249 e. The van der Waals surface area contributed by atoms with E-state index in [1.165, 1.54) is 25.7 Å². The molecule has 3 nitrogen and oxygen atoms in total. The summed E-state index contributed by atoms with van der Waals surface area (Å²) in [5.41, 5.74) is 0. The van der Waals surface area contributed by atoms with E-state index in [0.29, 0.717) is 12.0 Å². The topological polar surface area (TPSA) is 38.3 Å². The Kier molecular flexibility index (Phi) is 5.09. The summed E-state index contributed by atoms with van der Waals surface area (Å²) >= 11 is 0. The summed E-state index contributed by atoms with van der Waals surface area (Å²) in [4.78, 5) is 11.7. The lowest BCUT2D eigenvalue weighted by Gasteiger charge is -2.24. The van der Waals surface area contributed by atoms with Gasteiger partial charge in [0.2, 0.25) is 5.91 Å². The zero-order valence-electron chi connectivity index (χ0n) is 10.1. The van der Waals surface area contributed by atoms with Gasteiger partial charge in [0.1, 0.15) is 6.10 Å². The monoisotopic (exact) mass is 213 g/mol. The highest BCUT2D eigenvalue weighted by atomic mass is 16.5. The first-order valence-electron chi connectivity index (χ1n) is 5.98. The van der Waals surface area contributed by atoms with E-state index in [-0.39, 0.29) is 12.0 Å². The minimum atomic E-state index is -0.333. The fraction of sp³-hybridized carbons (Fsp3) is 0.917. The summed E-state index contributed by atoms with van der Waals surface area (Å²) < 4.78 is 5.01. The first kappa shape index (κ1) is 12.5. The molecule has 0 aromatic rings. The summed E-state index contributed by atoms with van der Waals surface area (Å²) in [7, 11) is 1.57. The number of ether oxygens (including phenoxy) is 1. The van der Waals surface area contributed by atoms with E-state index < -0.39 is 0 Å². The molecule has 1 rings (SSSR count). The van der Waals surface area contributed by atoms with E-state index >= 15 is 0 Å². The van der Waals surface area contributed by atoms with Gasteiger partial charge in [0.15, 0.2) is 0 Å². The van der Waals surface area contributed by atoms with Crippen LogP contribution in [0.2, 0.25) is 0 Å². The Hall–Kier alpha value is -0.570. The maximum atomic E-state index is 11.7. The number of carbonyl (C=O) groups excluding carboxylic acids is 1. The van der Waals surface area contributed by atoms with E-state index in [1.54, 1.807) is 14.0 Å². The summed E-state index contributed by atoms with van der Waals surface area (Å²) in [5.74, 6) is 0.622. The fourth-order valence-corrected chi connectivity index (χ4v) is 2.11. The Morgan fingerprint density at radius 3 is 2.67 bits per heavy atom. The molecule has 1 aliphatic rings. The molecule has 1 aliphatic carbocycles. The van der Waals surface area contributed by atoms with Crippen LogP contribution in [0.15, 0.2) is 0 Å². The van der Waals surface area contributed by atoms with Gasteiger partial charge < -0.3 is 10.1 Å². The molecule has 0 spiro atoms. The average molecular weight is 213 g/mol. The van der Waals surface area contributed by atoms with E-state index in [1.807, 2.05) is 0 Å². The van der Waals surface area contributed by atoms with Crippen molar-refractivity contribution < 1.29 is 9.53 Å². The number of hydrogen-bond acceptors (Lipinski definition) is 2. The minimum absolute atomic E-state index is 0.0243. The van der Waals surface area contributed by atoms with Crippen molar-refractivity contribution in [1.29, 1.82) is 0 Å². The van der Waals surface area contributed by atoms with E-state index in [9.17, 15) is 4.79 Å². The maximum Gasteiger partial charge on any atom is 0.249 e. The lowest BCUT2D eigenvalue weighted by Crippen LogP contribution is -2.43. The molecule has 0 bridgehead atoms. The third-order valence-electron chi connectivity index (χ3n) is 3.41. The Morgan fingerprint density at radius 2 is 2.00 bits per heavy atom. The number of methoxy groups -OCH3 is 1. The predicted octanol–water partition coefficient (Wildman–Crippen LogP) is 2.11. The van der Waals surface area contributed by atoms with Gasteiger partial charge in [-0.3, -0.25) is 4.79 Å². The fourth-order valence-electron chi connectivity index (χ4n) is 2.11. The molecular weight excluding hydrogens is 190 g/mol. The van der Waals surface area contributed by atoms with Gasteiger partial charge in [0.05, 0.1) is 0 Å². The Balaban J connectivity index is 2.44. The van der Waals surface area contributed by atoms with Crippen molar-refractivity contribution >= 4 is 5.91 Å². The SMILES string of the molecule is COC(C)C(=O)NC1CCCCCC1C. The molecule has 88 valence electrons. The van der Waals surface area contributed by atoms with Gasteiger partial charge in [0.25, 0.3) is 0 Å². The van der Waals surface area contributed by atoms with E-state index in [0.717, 1.165) is 6.42 Å². The number of hydrogen-bond donors (Lipinski definition) is 1. The molecule has 15 heavy (non-hydrogen) atoms. The summed E-state index contributed by atoms with van der Waals surface area (Å²) in [5, 5.41) is 3.10. The van der Waals surface area contributed by atoms with Gasteiger partial charge >= 0.3 is 0 Å². The highest BCUT2D eigenvalue weighted by molar-refractivity contribution is 5.80. The molecule has 1 N–H and O–H groups in total. The summed E-state index contributed by atoms with van der Waals surface area (Å²) in [6.45, 7) is 4.02. The van der Waals surface area contributed by atoms with Crippen molar-refractivity contribution in [2.24, 2.45) is 5.92 Å². The van der Waals surface area contributed by atoms with Gasteiger partial charge in [-0.1, -0.05) is 26.2 Å². The standard InChI is InChI=1S/C12H23NO2/c1-9-7-5-4-6-8-11(9)13-12(14)10(2)15-3/h9-11H,4-8H2,1-3H3,(H,13,14). The van der Waals surface area contributed by atoms with Crippen molar-refractivity contribution in [2.45, 2.75) is 58.1 Å². The van der Waals surface area contributed by atoms with Crippen molar-refractivity contribution in [2.75, 3.05) is 7.11 Å². The minimum Gasteiger partial charge on any atom is -0.372 e. The molecule has 0 saturated heterocycles. The van der Waals surface area contributed by atoms with Crippen LogP contribution in [0.1, 0.15) is 46.0 Å². The Bertz CT molecular complexity index is 206. The molecule has 1 fully saturated rings. The second-order valence-corrected chi connectivity index (χ2v) is 4.61. The molecule has 1 saturated carbocycles. The lowest BCUT2D eigenvalue weighted by atomic mass is 9.97. The van der Waals surface area contributed by atoms with Gasteiger partial charge in [-0.05, 0) is 25.7 Å². The third kappa shape index (κ3) is 3.82. The van der Waals surface area contributed by atoms with Crippen LogP contribution in [0.25, 0.3) is 0 Å². The van der Waals surface area contributed by atoms with Crippen LogP contribution in [0, 0.1) is 5.92 Å². The van der Waals surface area contributed by atoms with E-state index in [4.69, 9.17) is 4.74 Å². The number of amides is 1. The van der Waals surface area contributed by atoms with Crippen LogP contribution in [0.3, 0.4) is 0 Å². The van der Waals surface area contributed by atoms with Gasteiger partial charge in [0, 0.05) is 13.2 Å². The van der Waals surface area contributed by atoms with Gasteiger partial charge in [-0.2, -0.15) is 0 Å². The number of nitrogens with one attached hydrogen (secondary N) is 1. The second-order valence-electron chi connectivity index (χ2n) is 4.61. The molecule has 3 heteroatoms. The number of carbonyl (C=O) groups is 1. The molecule has 1 amide bonds. The van der Waals surface area contributed by atoms with Crippen LogP contribution in [-0.4, -0.2) is 25.2 Å². The molecule has 0 aromatic heterocycles. The summed E-state index contributed by atoms with van der Waals surface area (Å²) in [6.07, 6.45) is 5.84. The zero-order chi connectivity index (χ0) is 11.3. The second kappa shape index (κ2) is 6.11. The first-order chi connectivity index (χ1) is 7.15. The first-order valence-corrected chi connectivity index (χ1v) is 5.98. The van der Waals surface area contributed by atoms with Crippen LogP contribution >= 0.6 is 0 Å². The highest BCUT2D eigenvalue weighted by Gasteiger charge is 2.23. The van der Waals surface area contributed by atoms with Gasteiger partial charge in [-0.25, -0.2) is 0 Å². The van der Waals surface area contributed by atoms with Crippen LogP contribution in [0.5, 0.6) is 0 Å². The largest absolute Gasteiger partial charge is 0.372 e. The predicted molar refractivity (Wildman–Crippen MR) is 60.7 cm³/mol. The normalized spacial score (nSPS) is 29.3. The van der Waals surface area contributed by atoms with E-state index in [2.05, 4.69) is 12.2 Å². The quantitative estimate of drug-likeness (QED) is 0.729. The maximum absolute atomic E-state index is 11.7. The van der Waals surface area contributed by atoms with Crippen LogP contribution in [0.4, 0.5) is 0 Å². The Morgan fingerprint density at radius 1 is 1.33 bits per heavy atom. The Labute approximate surface area is 92.6 Å². The summed E-state index contributed by atoms with van der Waals surface area (Å²) in [6, 6.07) is 0.345. The molecule has 0 aromatic carbocycles. The van der Waals surface area contributed by atoms with Gasteiger partial charge in [-0.15, -0.1) is 0 Å². The zero-order valence-corrected chi connectivity index (χ0v) is 10.1. The van der Waals surface area contributed by atoms with Crippen molar-refractivity contribution in [1.82, 2.24) is 5.32 Å². The molecule has 3 atom stereocenters. The van der Waals surface area contributed by atoms with Crippen LogP contribution < -0.4 is 5.32 Å². The highest BCUT2D eigenvalue weighted by Crippen LogP contribution is 2.22. The van der Waals surface area contributed by atoms with Crippen molar-refractivity contribution in [3.8, 4) is 0 Å². The average Bonchev–Trinajstić information content (AvgIpc) is 2.43. The van der Waals surface area contributed by atoms with Crippen molar-refractivity contribution in [3.63, 3.8) is 0 Å². The molecule has 0 radical (unpaired) electrons. The number of rotatable bonds is 3. The van der Waals surface area contributed by atoms with Crippen molar-refractivity contribution in [3.05, 3.63) is 0 Å². The molecule has 0 heterocycles. The molecular formula is C12H23NO2. The lowest BCUT2D eigenvalue weighted by molar-refractivity contribution is -0.131. The molecule has 3 unspecified atom stereocenters. The van der Waals surface area contributed by atoms with Crippen LogP contribution in [-0.2, 0) is 9.53 Å². The third-order valence-corrected chi connectivity index (χ3v) is 3.41. The molecule has 0 aliphatic heterocycles.